The molecule has 2 saturated carbocycles. The van der Waals surface area contributed by atoms with Crippen LogP contribution >= 0.6 is 0 Å². The molecular formula is C18H21NO2. The number of aliphatic hydroxyl groups is 1. The van der Waals surface area contributed by atoms with Crippen molar-refractivity contribution in [3.8, 4) is 11.8 Å². The van der Waals surface area contributed by atoms with Gasteiger partial charge in [0.1, 0.15) is 6.61 Å². The SMILES string of the molecule is O=C(CC1CC2CCC1C2)Nc1ccccc1C#CCO. The van der Waals surface area contributed by atoms with Crippen molar-refractivity contribution in [2.24, 2.45) is 17.8 Å². The van der Waals surface area contributed by atoms with E-state index in [1.54, 1.807) is 0 Å². The van der Waals surface area contributed by atoms with Crippen LogP contribution in [0.4, 0.5) is 5.69 Å². The monoisotopic (exact) mass is 283 g/mol. The van der Waals surface area contributed by atoms with Crippen LogP contribution in [0.2, 0.25) is 0 Å². The Morgan fingerprint density at radius 2 is 2.14 bits per heavy atom. The average Bonchev–Trinajstić information content (AvgIpc) is 3.09. The summed E-state index contributed by atoms with van der Waals surface area (Å²) >= 11 is 0. The number of amides is 1. The Bertz CT molecular complexity index is 584. The summed E-state index contributed by atoms with van der Waals surface area (Å²) in [5.74, 6) is 7.80. The highest BCUT2D eigenvalue weighted by Gasteiger charge is 2.40. The molecule has 110 valence electrons. The van der Waals surface area contributed by atoms with E-state index >= 15 is 0 Å². The third-order valence-electron chi connectivity index (χ3n) is 4.84. The minimum absolute atomic E-state index is 0.0887. The molecule has 0 saturated heterocycles. The number of para-hydroxylation sites is 1. The molecule has 0 radical (unpaired) electrons. The second-order valence-electron chi connectivity index (χ2n) is 6.19. The number of rotatable bonds is 3. The zero-order valence-electron chi connectivity index (χ0n) is 12.1. The Balaban J connectivity index is 1.62. The molecule has 3 atom stereocenters. The van der Waals surface area contributed by atoms with E-state index in [-0.39, 0.29) is 12.5 Å². The van der Waals surface area contributed by atoms with Crippen molar-refractivity contribution in [2.75, 3.05) is 11.9 Å². The van der Waals surface area contributed by atoms with Crippen LogP contribution in [0.5, 0.6) is 0 Å². The number of nitrogens with one attached hydrogen (secondary N) is 1. The number of hydrogen-bond acceptors (Lipinski definition) is 2. The Morgan fingerprint density at radius 1 is 1.29 bits per heavy atom. The molecule has 2 fully saturated rings. The molecule has 0 aromatic heterocycles. The van der Waals surface area contributed by atoms with E-state index in [0.717, 1.165) is 23.1 Å². The Kier molecular flexibility index (Phi) is 4.26. The molecule has 2 N–H and O–H groups in total. The number of carbonyl (C=O) groups excluding carboxylic acids is 1. The van der Waals surface area contributed by atoms with Gasteiger partial charge < -0.3 is 10.4 Å². The molecule has 2 bridgehead atoms. The highest BCUT2D eigenvalue weighted by atomic mass is 16.2. The maximum Gasteiger partial charge on any atom is 0.224 e. The van der Waals surface area contributed by atoms with Gasteiger partial charge in [-0.1, -0.05) is 30.4 Å². The number of carbonyl (C=O) groups is 1. The second-order valence-corrected chi connectivity index (χ2v) is 6.19. The molecule has 2 aliphatic carbocycles. The predicted octanol–water partition coefficient (Wildman–Crippen LogP) is 2.80. The number of benzene rings is 1. The molecule has 3 unspecified atom stereocenters. The summed E-state index contributed by atoms with van der Waals surface area (Å²) in [7, 11) is 0. The van der Waals surface area contributed by atoms with Crippen LogP contribution in [0.3, 0.4) is 0 Å². The predicted molar refractivity (Wildman–Crippen MR) is 82.6 cm³/mol. The topological polar surface area (TPSA) is 49.3 Å². The van der Waals surface area contributed by atoms with E-state index in [1.807, 2.05) is 24.3 Å². The molecular weight excluding hydrogens is 262 g/mol. The van der Waals surface area contributed by atoms with Crippen molar-refractivity contribution >= 4 is 11.6 Å². The maximum atomic E-state index is 12.3. The normalized spacial score (nSPS) is 26.2. The first kappa shape index (κ1) is 14.2. The molecule has 3 nitrogen and oxygen atoms in total. The molecule has 0 aliphatic heterocycles. The first-order valence-corrected chi connectivity index (χ1v) is 7.75. The lowest BCUT2D eigenvalue weighted by atomic mass is 9.86. The molecule has 1 aromatic rings. The molecule has 3 heteroatoms. The first-order valence-electron chi connectivity index (χ1n) is 7.75. The molecule has 1 amide bonds. The minimum atomic E-state index is -0.173. The Morgan fingerprint density at radius 3 is 2.86 bits per heavy atom. The van der Waals surface area contributed by atoms with Gasteiger partial charge in [-0.25, -0.2) is 0 Å². The Labute approximate surface area is 125 Å². The molecule has 21 heavy (non-hydrogen) atoms. The van der Waals surface area contributed by atoms with Gasteiger partial charge in [0.2, 0.25) is 5.91 Å². The van der Waals surface area contributed by atoms with Gasteiger partial charge in [0.25, 0.3) is 0 Å². The van der Waals surface area contributed by atoms with Crippen LogP contribution in [0.1, 0.15) is 37.7 Å². The van der Waals surface area contributed by atoms with Gasteiger partial charge in [0.15, 0.2) is 0 Å². The third-order valence-corrected chi connectivity index (χ3v) is 4.84. The van der Waals surface area contributed by atoms with Gasteiger partial charge in [-0.15, -0.1) is 0 Å². The standard InChI is InChI=1S/C18H21NO2/c20-9-3-5-14-4-1-2-6-17(14)19-18(21)12-16-11-13-7-8-15(16)10-13/h1-2,4,6,13,15-16,20H,7-12H2,(H,19,21). The largest absolute Gasteiger partial charge is 0.384 e. The highest BCUT2D eigenvalue weighted by Crippen LogP contribution is 2.49. The van der Waals surface area contributed by atoms with Gasteiger partial charge >= 0.3 is 0 Å². The van der Waals surface area contributed by atoms with Crippen molar-refractivity contribution in [2.45, 2.75) is 32.1 Å². The zero-order chi connectivity index (χ0) is 14.7. The number of hydrogen-bond donors (Lipinski definition) is 2. The zero-order valence-corrected chi connectivity index (χ0v) is 12.1. The smallest absolute Gasteiger partial charge is 0.224 e. The lowest BCUT2D eigenvalue weighted by Gasteiger charge is -2.21. The number of anilines is 1. The van der Waals surface area contributed by atoms with Crippen LogP contribution in [0.15, 0.2) is 24.3 Å². The quantitative estimate of drug-likeness (QED) is 0.838. The number of aliphatic hydroxyl groups excluding tert-OH is 1. The average molecular weight is 283 g/mol. The van der Waals surface area contributed by atoms with Crippen molar-refractivity contribution in [3.05, 3.63) is 29.8 Å². The van der Waals surface area contributed by atoms with E-state index in [4.69, 9.17) is 5.11 Å². The van der Waals surface area contributed by atoms with Crippen LogP contribution in [0.25, 0.3) is 0 Å². The van der Waals surface area contributed by atoms with Crippen LogP contribution in [-0.4, -0.2) is 17.6 Å². The maximum absolute atomic E-state index is 12.3. The summed E-state index contributed by atoms with van der Waals surface area (Å²) in [5.41, 5.74) is 1.50. The van der Waals surface area contributed by atoms with Gasteiger partial charge in [-0.2, -0.15) is 0 Å². The van der Waals surface area contributed by atoms with E-state index in [1.165, 1.54) is 25.7 Å². The fourth-order valence-electron chi connectivity index (χ4n) is 3.90. The summed E-state index contributed by atoms with van der Waals surface area (Å²) in [6.45, 7) is -0.173. The second kappa shape index (κ2) is 6.32. The molecule has 3 rings (SSSR count). The lowest BCUT2D eigenvalue weighted by Crippen LogP contribution is -2.20. The first-order chi connectivity index (χ1) is 10.3. The van der Waals surface area contributed by atoms with Crippen molar-refractivity contribution in [1.82, 2.24) is 0 Å². The minimum Gasteiger partial charge on any atom is -0.384 e. The van der Waals surface area contributed by atoms with E-state index in [2.05, 4.69) is 17.2 Å². The summed E-state index contributed by atoms with van der Waals surface area (Å²) < 4.78 is 0. The van der Waals surface area contributed by atoms with Gasteiger partial charge in [-0.05, 0) is 49.1 Å². The Hall–Kier alpha value is -1.79. The van der Waals surface area contributed by atoms with E-state index < -0.39 is 0 Å². The van der Waals surface area contributed by atoms with Crippen molar-refractivity contribution < 1.29 is 9.90 Å². The van der Waals surface area contributed by atoms with E-state index in [0.29, 0.717) is 12.3 Å². The van der Waals surface area contributed by atoms with Crippen molar-refractivity contribution in [3.63, 3.8) is 0 Å². The van der Waals surface area contributed by atoms with Crippen molar-refractivity contribution in [1.29, 1.82) is 0 Å². The highest BCUT2D eigenvalue weighted by molar-refractivity contribution is 5.92. The lowest BCUT2D eigenvalue weighted by molar-refractivity contribution is -0.117. The fourth-order valence-corrected chi connectivity index (χ4v) is 3.90. The molecule has 0 spiro atoms. The summed E-state index contributed by atoms with van der Waals surface area (Å²) in [6.07, 6.45) is 5.85. The molecule has 2 aliphatic rings. The van der Waals surface area contributed by atoms with E-state index in [9.17, 15) is 4.79 Å². The van der Waals surface area contributed by atoms with Crippen LogP contribution < -0.4 is 5.32 Å². The summed E-state index contributed by atoms with van der Waals surface area (Å²) in [4.78, 5) is 12.3. The molecule has 1 aromatic carbocycles. The summed E-state index contributed by atoms with van der Waals surface area (Å²) in [5, 5.41) is 11.8. The number of fused-ring (bicyclic) bond motifs is 2. The summed E-state index contributed by atoms with van der Waals surface area (Å²) in [6, 6.07) is 7.49. The fraction of sp³-hybridized carbons (Fsp3) is 0.500. The van der Waals surface area contributed by atoms with Gasteiger partial charge in [0, 0.05) is 12.0 Å². The third kappa shape index (κ3) is 3.28. The molecule has 0 heterocycles. The van der Waals surface area contributed by atoms with Gasteiger partial charge in [0.05, 0.1) is 5.69 Å². The van der Waals surface area contributed by atoms with Crippen LogP contribution in [-0.2, 0) is 4.79 Å². The van der Waals surface area contributed by atoms with Crippen LogP contribution in [0, 0.1) is 29.6 Å². The van der Waals surface area contributed by atoms with Gasteiger partial charge in [-0.3, -0.25) is 4.79 Å².